The first-order chi connectivity index (χ1) is 9.01. The zero-order chi connectivity index (χ0) is 14.0. The van der Waals surface area contributed by atoms with Gasteiger partial charge in [-0.25, -0.2) is 4.79 Å². The molecule has 7 heteroatoms. The van der Waals surface area contributed by atoms with Crippen LogP contribution in [0.1, 0.15) is 16.9 Å². The van der Waals surface area contributed by atoms with Crippen LogP contribution in [-0.2, 0) is 11.8 Å². The number of alkyl carbamates (subject to hydrolysis) is 1. The fraction of sp³-hybridized carbons (Fsp3) is 0.500. The Morgan fingerprint density at radius 3 is 2.84 bits per heavy atom. The van der Waals surface area contributed by atoms with E-state index in [9.17, 15) is 9.59 Å². The van der Waals surface area contributed by atoms with Crippen molar-refractivity contribution in [3.8, 4) is 0 Å². The van der Waals surface area contributed by atoms with Crippen LogP contribution in [0.4, 0.5) is 10.5 Å². The number of aryl methyl sites for hydroxylation is 1. The van der Waals surface area contributed by atoms with Crippen LogP contribution in [0.5, 0.6) is 0 Å². The highest BCUT2D eigenvalue weighted by atomic mass is 16.5. The molecule has 19 heavy (non-hydrogen) atoms. The Morgan fingerprint density at radius 1 is 1.53 bits per heavy atom. The number of ether oxygens (including phenoxy) is 1. The van der Waals surface area contributed by atoms with Gasteiger partial charge in [-0.1, -0.05) is 0 Å². The molecule has 1 aromatic rings. The lowest BCUT2D eigenvalue weighted by atomic mass is 10.3. The number of nitrogen functional groups attached to an aromatic ring is 1. The van der Waals surface area contributed by atoms with Gasteiger partial charge in [-0.2, -0.15) is 0 Å². The van der Waals surface area contributed by atoms with Crippen molar-refractivity contribution in [1.29, 1.82) is 0 Å². The van der Waals surface area contributed by atoms with E-state index in [1.54, 1.807) is 28.8 Å². The molecule has 7 nitrogen and oxygen atoms in total. The summed E-state index contributed by atoms with van der Waals surface area (Å²) >= 11 is 0. The van der Waals surface area contributed by atoms with Gasteiger partial charge in [0.15, 0.2) is 0 Å². The first-order valence-corrected chi connectivity index (χ1v) is 6.07. The summed E-state index contributed by atoms with van der Waals surface area (Å²) in [6, 6.07) is 1.60. The van der Waals surface area contributed by atoms with Gasteiger partial charge in [-0.3, -0.25) is 4.79 Å². The zero-order valence-electron chi connectivity index (χ0n) is 11.0. The molecule has 0 saturated carbocycles. The zero-order valence-corrected chi connectivity index (χ0v) is 11.0. The second-order valence-corrected chi connectivity index (χ2v) is 4.64. The van der Waals surface area contributed by atoms with E-state index in [0.717, 1.165) is 6.42 Å². The number of aromatic nitrogens is 1. The van der Waals surface area contributed by atoms with Gasteiger partial charge in [0.2, 0.25) is 0 Å². The normalized spacial score (nSPS) is 18.4. The van der Waals surface area contributed by atoms with Crippen LogP contribution < -0.4 is 11.1 Å². The summed E-state index contributed by atoms with van der Waals surface area (Å²) in [6.07, 6.45) is 1.95. The number of nitrogens with two attached hydrogens (primary N) is 1. The lowest BCUT2D eigenvalue weighted by Crippen LogP contribution is -2.38. The van der Waals surface area contributed by atoms with Crippen LogP contribution in [-0.4, -0.2) is 47.7 Å². The molecule has 2 rings (SSSR count). The summed E-state index contributed by atoms with van der Waals surface area (Å²) < 4.78 is 6.25. The van der Waals surface area contributed by atoms with E-state index >= 15 is 0 Å². The molecular weight excluding hydrogens is 248 g/mol. The molecule has 0 bridgehead atoms. The topological polar surface area (TPSA) is 89.6 Å². The van der Waals surface area contributed by atoms with E-state index in [1.165, 1.54) is 7.11 Å². The molecule has 3 N–H and O–H groups in total. The molecular formula is C12H18N4O3. The summed E-state index contributed by atoms with van der Waals surface area (Å²) in [5, 5.41) is 2.70. The van der Waals surface area contributed by atoms with Crippen LogP contribution in [0, 0.1) is 0 Å². The quantitative estimate of drug-likeness (QED) is 0.799. The summed E-state index contributed by atoms with van der Waals surface area (Å²) in [4.78, 5) is 25.1. The number of likely N-dealkylation sites (tertiary alicyclic amines) is 1. The lowest BCUT2D eigenvalue weighted by molar-refractivity contribution is 0.0778. The van der Waals surface area contributed by atoms with E-state index in [-0.39, 0.29) is 11.9 Å². The number of carbonyl (C=O) groups excluding carboxylic acids is 2. The molecule has 1 aliphatic heterocycles. The Kier molecular flexibility index (Phi) is 3.64. The SMILES string of the molecule is COC(=O)NC1CCN(C(=O)c2cc(N)cn2C)C1. The van der Waals surface area contributed by atoms with Crippen molar-refractivity contribution in [3.05, 3.63) is 18.0 Å². The predicted octanol–water partition coefficient (Wildman–Crippen LogP) is 0.178. The number of hydrogen-bond donors (Lipinski definition) is 2. The third-order valence-corrected chi connectivity index (χ3v) is 3.23. The Bertz CT molecular complexity index is 497. The second-order valence-electron chi connectivity index (χ2n) is 4.64. The van der Waals surface area contributed by atoms with E-state index in [4.69, 9.17) is 5.73 Å². The standard InChI is InChI=1S/C12H18N4O3/c1-15-6-8(13)5-10(15)11(17)16-4-3-9(7-16)14-12(18)19-2/h5-6,9H,3-4,7,13H2,1-2H3,(H,14,18). The molecule has 0 aliphatic carbocycles. The molecule has 1 aromatic heterocycles. The summed E-state index contributed by atoms with van der Waals surface area (Å²) in [7, 11) is 3.10. The number of nitrogens with one attached hydrogen (secondary N) is 1. The van der Waals surface area contributed by atoms with Gasteiger partial charge >= 0.3 is 6.09 Å². The summed E-state index contributed by atoms with van der Waals surface area (Å²) in [6.45, 7) is 1.09. The Balaban J connectivity index is 1.99. The fourth-order valence-corrected chi connectivity index (χ4v) is 2.25. The fourth-order valence-electron chi connectivity index (χ4n) is 2.25. The van der Waals surface area contributed by atoms with Crippen molar-refractivity contribution < 1.29 is 14.3 Å². The highest BCUT2D eigenvalue weighted by Gasteiger charge is 2.29. The number of amides is 2. The maximum Gasteiger partial charge on any atom is 0.407 e. The highest BCUT2D eigenvalue weighted by Crippen LogP contribution is 2.16. The van der Waals surface area contributed by atoms with Crippen LogP contribution in [0.15, 0.2) is 12.3 Å². The Labute approximate surface area is 111 Å². The van der Waals surface area contributed by atoms with Crippen molar-refractivity contribution >= 4 is 17.7 Å². The number of hydrogen-bond acceptors (Lipinski definition) is 4. The molecule has 104 valence electrons. The molecule has 0 radical (unpaired) electrons. The van der Waals surface area contributed by atoms with E-state index in [0.29, 0.717) is 24.5 Å². The highest BCUT2D eigenvalue weighted by molar-refractivity contribution is 5.94. The average molecular weight is 266 g/mol. The van der Waals surface area contributed by atoms with Crippen LogP contribution >= 0.6 is 0 Å². The molecule has 1 fully saturated rings. The molecule has 0 aromatic carbocycles. The third-order valence-electron chi connectivity index (χ3n) is 3.23. The van der Waals surface area contributed by atoms with Crippen molar-refractivity contribution in [3.63, 3.8) is 0 Å². The molecule has 1 aliphatic rings. The average Bonchev–Trinajstić information content (AvgIpc) is 2.95. The van der Waals surface area contributed by atoms with Crippen molar-refractivity contribution in [1.82, 2.24) is 14.8 Å². The van der Waals surface area contributed by atoms with E-state index < -0.39 is 6.09 Å². The second kappa shape index (κ2) is 5.21. The van der Waals surface area contributed by atoms with Gasteiger partial charge < -0.3 is 25.3 Å². The predicted molar refractivity (Wildman–Crippen MR) is 69.7 cm³/mol. The van der Waals surface area contributed by atoms with E-state index in [1.807, 2.05) is 0 Å². The first-order valence-electron chi connectivity index (χ1n) is 6.07. The number of anilines is 1. The monoisotopic (exact) mass is 266 g/mol. The number of methoxy groups -OCH3 is 1. The van der Waals surface area contributed by atoms with Gasteiger partial charge in [0.25, 0.3) is 5.91 Å². The molecule has 2 amide bonds. The van der Waals surface area contributed by atoms with Crippen molar-refractivity contribution in [2.45, 2.75) is 12.5 Å². The third kappa shape index (κ3) is 2.81. The Morgan fingerprint density at radius 2 is 2.26 bits per heavy atom. The molecule has 1 saturated heterocycles. The largest absolute Gasteiger partial charge is 0.453 e. The smallest absolute Gasteiger partial charge is 0.407 e. The minimum absolute atomic E-state index is 0.0611. The summed E-state index contributed by atoms with van der Waals surface area (Å²) in [5.41, 5.74) is 6.78. The summed E-state index contributed by atoms with van der Waals surface area (Å²) in [5.74, 6) is -0.0756. The first kappa shape index (κ1) is 13.3. The van der Waals surface area contributed by atoms with Gasteiger partial charge in [0.05, 0.1) is 18.8 Å². The van der Waals surface area contributed by atoms with Crippen LogP contribution in [0.25, 0.3) is 0 Å². The van der Waals surface area contributed by atoms with Crippen molar-refractivity contribution in [2.24, 2.45) is 7.05 Å². The molecule has 1 unspecified atom stereocenters. The molecule has 1 atom stereocenters. The van der Waals surface area contributed by atoms with Crippen LogP contribution in [0.3, 0.4) is 0 Å². The van der Waals surface area contributed by atoms with Gasteiger partial charge in [-0.05, 0) is 12.5 Å². The number of rotatable bonds is 2. The number of nitrogens with zero attached hydrogens (tertiary/aromatic N) is 2. The molecule has 2 heterocycles. The number of carbonyl (C=O) groups is 2. The minimum Gasteiger partial charge on any atom is -0.453 e. The van der Waals surface area contributed by atoms with Gasteiger partial charge in [0.1, 0.15) is 5.69 Å². The van der Waals surface area contributed by atoms with Gasteiger partial charge in [0, 0.05) is 26.3 Å². The maximum absolute atomic E-state index is 12.3. The maximum atomic E-state index is 12.3. The van der Waals surface area contributed by atoms with Crippen LogP contribution in [0.2, 0.25) is 0 Å². The Hall–Kier alpha value is -2.18. The lowest BCUT2D eigenvalue weighted by Gasteiger charge is -2.17. The molecule has 0 spiro atoms. The van der Waals surface area contributed by atoms with Crippen molar-refractivity contribution in [2.75, 3.05) is 25.9 Å². The van der Waals surface area contributed by atoms with E-state index in [2.05, 4.69) is 10.1 Å². The van der Waals surface area contributed by atoms with Gasteiger partial charge in [-0.15, -0.1) is 0 Å². The minimum atomic E-state index is -0.470.